The van der Waals surface area contributed by atoms with Gasteiger partial charge in [-0.3, -0.25) is 0 Å². The van der Waals surface area contributed by atoms with Gasteiger partial charge in [0.15, 0.2) is 6.29 Å². The third-order valence-electron chi connectivity index (χ3n) is 1.45. The van der Waals surface area contributed by atoms with Crippen LogP contribution in [0.4, 0.5) is 0 Å². The summed E-state index contributed by atoms with van der Waals surface area (Å²) < 4.78 is 20.5. The van der Waals surface area contributed by atoms with Crippen molar-refractivity contribution in [3.8, 4) is 0 Å². The molecule has 0 amide bonds. The van der Waals surface area contributed by atoms with Gasteiger partial charge in [-0.05, 0) is 13.8 Å². The molecule has 88 valence electrons. The van der Waals surface area contributed by atoms with Gasteiger partial charge in [0.25, 0.3) is 0 Å². The molecule has 0 saturated heterocycles. The molecule has 0 bridgehead atoms. The summed E-state index contributed by atoms with van der Waals surface area (Å²) in [7, 11) is 0. The van der Waals surface area contributed by atoms with Crippen molar-refractivity contribution < 1.29 is 18.9 Å². The molecule has 0 aromatic carbocycles. The molecule has 0 aliphatic carbocycles. The maximum atomic E-state index is 5.29. The van der Waals surface area contributed by atoms with Gasteiger partial charge in [0.2, 0.25) is 0 Å². The predicted octanol–water partition coefficient (Wildman–Crippen LogP) is 2.08. The Labute approximate surface area is 91.5 Å². The number of hydrogen-bond acceptors (Lipinski definition) is 4. The normalized spacial score (nSPS) is 12.7. The first-order valence-corrected chi connectivity index (χ1v) is 4.99. The minimum absolute atomic E-state index is 0.241. The van der Waals surface area contributed by atoms with E-state index in [0.717, 1.165) is 0 Å². The summed E-state index contributed by atoms with van der Waals surface area (Å²) in [4.78, 5) is 0. The zero-order chi connectivity index (χ0) is 11.4. The Morgan fingerprint density at radius 3 is 2.60 bits per heavy atom. The minimum Gasteiger partial charge on any atom is -0.499 e. The van der Waals surface area contributed by atoms with Crippen LogP contribution in [0.25, 0.3) is 0 Å². The lowest BCUT2D eigenvalue weighted by Crippen LogP contribution is -2.15. The SMILES string of the molecule is C=COCCOCCOC(C)OC=CC. The molecule has 0 aromatic heterocycles. The lowest BCUT2D eigenvalue weighted by Gasteiger charge is -2.12. The molecular weight excluding hydrogens is 196 g/mol. The fourth-order valence-electron chi connectivity index (χ4n) is 0.794. The van der Waals surface area contributed by atoms with Crippen molar-refractivity contribution in [2.75, 3.05) is 26.4 Å². The van der Waals surface area contributed by atoms with E-state index in [-0.39, 0.29) is 6.29 Å². The van der Waals surface area contributed by atoms with Gasteiger partial charge >= 0.3 is 0 Å². The molecule has 0 fully saturated rings. The lowest BCUT2D eigenvalue weighted by atomic mass is 10.7. The molecule has 0 heterocycles. The highest BCUT2D eigenvalue weighted by Gasteiger charge is 1.98. The summed E-state index contributed by atoms with van der Waals surface area (Å²) in [6.07, 6.45) is 4.56. The molecule has 0 N–H and O–H groups in total. The van der Waals surface area contributed by atoms with Crippen LogP contribution in [0.1, 0.15) is 13.8 Å². The van der Waals surface area contributed by atoms with Crippen molar-refractivity contribution in [2.24, 2.45) is 0 Å². The maximum absolute atomic E-state index is 5.29. The van der Waals surface area contributed by atoms with Crippen LogP contribution < -0.4 is 0 Å². The van der Waals surface area contributed by atoms with Gasteiger partial charge in [0.05, 0.1) is 32.3 Å². The average Bonchev–Trinajstić information content (AvgIpc) is 2.25. The van der Waals surface area contributed by atoms with Crippen LogP contribution in [-0.2, 0) is 18.9 Å². The topological polar surface area (TPSA) is 36.9 Å². The third-order valence-corrected chi connectivity index (χ3v) is 1.45. The molecule has 0 aliphatic heterocycles. The van der Waals surface area contributed by atoms with Gasteiger partial charge in [0.1, 0.15) is 6.61 Å². The fraction of sp³-hybridized carbons (Fsp3) is 0.636. The second-order valence-corrected chi connectivity index (χ2v) is 2.69. The Morgan fingerprint density at radius 2 is 1.93 bits per heavy atom. The number of rotatable bonds is 10. The zero-order valence-corrected chi connectivity index (χ0v) is 9.48. The van der Waals surface area contributed by atoms with Gasteiger partial charge in [0, 0.05) is 0 Å². The van der Waals surface area contributed by atoms with E-state index < -0.39 is 0 Å². The van der Waals surface area contributed by atoms with E-state index in [1.54, 1.807) is 6.26 Å². The summed E-state index contributed by atoms with van der Waals surface area (Å²) in [5.74, 6) is 0. The molecule has 4 heteroatoms. The standard InChI is InChI=1S/C11H20O4/c1-4-6-14-11(3)15-10-9-13-8-7-12-5-2/h4-6,11H,2,7-10H2,1,3H3. The van der Waals surface area contributed by atoms with E-state index in [9.17, 15) is 0 Å². The van der Waals surface area contributed by atoms with Gasteiger partial charge in [-0.2, -0.15) is 0 Å². The van der Waals surface area contributed by atoms with Crippen molar-refractivity contribution in [2.45, 2.75) is 20.1 Å². The summed E-state index contributed by atoms with van der Waals surface area (Å²) in [5, 5.41) is 0. The molecule has 1 unspecified atom stereocenters. The molecule has 0 saturated carbocycles. The molecule has 4 nitrogen and oxygen atoms in total. The van der Waals surface area contributed by atoms with E-state index in [2.05, 4.69) is 6.58 Å². The lowest BCUT2D eigenvalue weighted by molar-refractivity contribution is -0.107. The summed E-state index contributed by atoms with van der Waals surface area (Å²) in [6, 6.07) is 0. The van der Waals surface area contributed by atoms with Crippen molar-refractivity contribution in [3.63, 3.8) is 0 Å². The van der Waals surface area contributed by atoms with Gasteiger partial charge in [-0.15, -0.1) is 0 Å². The van der Waals surface area contributed by atoms with E-state index in [1.165, 1.54) is 6.26 Å². The first-order valence-electron chi connectivity index (χ1n) is 4.99. The van der Waals surface area contributed by atoms with Crippen molar-refractivity contribution in [1.29, 1.82) is 0 Å². The molecule has 15 heavy (non-hydrogen) atoms. The van der Waals surface area contributed by atoms with E-state index in [0.29, 0.717) is 26.4 Å². The van der Waals surface area contributed by atoms with Crippen molar-refractivity contribution in [3.05, 3.63) is 25.2 Å². The van der Waals surface area contributed by atoms with Crippen LogP contribution in [-0.4, -0.2) is 32.7 Å². The number of ether oxygens (including phenoxy) is 4. The molecule has 0 radical (unpaired) electrons. The van der Waals surface area contributed by atoms with Crippen LogP contribution in [0.2, 0.25) is 0 Å². The molecule has 0 rings (SSSR count). The smallest absolute Gasteiger partial charge is 0.196 e. The summed E-state index contributed by atoms with van der Waals surface area (Å²) in [5.41, 5.74) is 0. The van der Waals surface area contributed by atoms with Crippen LogP contribution in [0.5, 0.6) is 0 Å². The average molecular weight is 216 g/mol. The third kappa shape index (κ3) is 10.9. The molecule has 1 atom stereocenters. The highest BCUT2D eigenvalue weighted by Crippen LogP contribution is 1.94. The fourth-order valence-corrected chi connectivity index (χ4v) is 0.794. The van der Waals surface area contributed by atoms with Gasteiger partial charge in [-0.25, -0.2) is 0 Å². The van der Waals surface area contributed by atoms with Gasteiger partial charge < -0.3 is 18.9 Å². The number of allylic oxidation sites excluding steroid dienone is 1. The highest BCUT2D eigenvalue weighted by atomic mass is 16.7. The second-order valence-electron chi connectivity index (χ2n) is 2.69. The Hall–Kier alpha value is -1.00. The van der Waals surface area contributed by atoms with Crippen LogP contribution in [0.3, 0.4) is 0 Å². The minimum atomic E-state index is -0.241. The quantitative estimate of drug-likeness (QED) is 0.318. The van der Waals surface area contributed by atoms with E-state index in [1.807, 2.05) is 19.9 Å². The van der Waals surface area contributed by atoms with Crippen LogP contribution >= 0.6 is 0 Å². The zero-order valence-electron chi connectivity index (χ0n) is 9.48. The van der Waals surface area contributed by atoms with E-state index in [4.69, 9.17) is 18.9 Å². The number of hydrogen-bond donors (Lipinski definition) is 0. The van der Waals surface area contributed by atoms with Crippen LogP contribution in [0, 0.1) is 0 Å². The Morgan fingerprint density at radius 1 is 1.20 bits per heavy atom. The molecular formula is C11H20O4. The Balaban J connectivity index is 3.12. The van der Waals surface area contributed by atoms with Crippen molar-refractivity contribution >= 4 is 0 Å². The predicted molar refractivity (Wildman–Crippen MR) is 58.3 cm³/mol. The Bertz CT molecular complexity index is 168. The summed E-state index contributed by atoms with van der Waals surface area (Å²) >= 11 is 0. The summed E-state index contributed by atoms with van der Waals surface area (Å²) in [6.45, 7) is 9.24. The highest BCUT2D eigenvalue weighted by molar-refractivity contribution is 4.65. The van der Waals surface area contributed by atoms with Crippen LogP contribution in [0.15, 0.2) is 25.2 Å². The Kier molecular flexibility index (Phi) is 10.3. The van der Waals surface area contributed by atoms with Crippen molar-refractivity contribution in [1.82, 2.24) is 0 Å². The molecule has 0 spiro atoms. The molecule has 0 aliphatic rings. The van der Waals surface area contributed by atoms with E-state index >= 15 is 0 Å². The first-order chi connectivity index (χ1) is 7.31. The second kappa shape index (κ2) is 11.1. The monoisotopic (exact) mass is 216 g/mol. The first kappa shape index (κ1) is 14.0. The molecule has 0 aromatic rings. The largest absolute Gasteiger partial charge is 0.499 e. The maximum Gasteiger partial charge on any atom is 0.196 e. The van der Waals surface area contributed by atoms with Gasteiger partial charge in [-0.1, -0.05) is 12.7 Å².